The van der Waals surface area contributed by atoms with Crippen LogP contribution in [0.5, 0.6) is 0 Å². The molecule has 1 atom stereocenters. The van der Waals surface area contributed by atoms with Crippen LogP contribution < -0.4 is 11.1 Å². The number of aromatic amines is 1. The van der Waals surface area contributed by atoms with Crippen molar-refractivity contribution in [2.75, 3.05) is 18.9 Å². The van der Waals surface area contributed by atoms with Crippen molar-refractivity contribution in [2.24, 2.45) is 5.73 Å². The van der Waals surface area contributed by atoms with Crippen LogP contribution in [0.25, 0.3) is 11.2 Å². The minimum Gasteiger partial charge on any atom is -0.373 e. The lowest BCUT2D eigenvalue weighted by molar-refractivity contribution is 0.596. The third-order valence-corrected chi connectivity index (χ3v) is 2.93. The van der Waals surface area contributed by atoms with Gasteiger partial charge in [-0.3, -0.25) is 0 Å². The summed E-state index contributed by atoms with van der Waals surface area (Å²) in [7, 11) is 1.85. The summed E-state index contributed by atoms with van der Waals surface area (Å²) in [6.45, 7) is 2.77. The fourth-order valence-electron chi connectivity index (χ4n) is 1.96. The van der Waals surface area contributed by atoms with Crippen LogP contribution in [-0.2, 0) is 0 Å². The van der Waals surface area contributed by atoms with Crippen molar-refractivity contribution < 1.29 is 0 Å². The van der Waals surface area contributed by atoms with Gasteiger partial charge in [0.2, 0.25) is 0 Å². The molecule has 0 spiro atoms. The molecule has 0 aromatic carbocycles. The van der Waals surface area contributed by atoms with E-state index in [9.17, 15) is 0 Å². The number of H-pyrrole nitrogens is 1. The summed E-state index contributed by atoms with van der Waals surface area (Å²) >= 11 is 0. The molecule has 4 N–H and O–H groups in total. The summed E-state index contributed by atoms with van der Waals surface area (Å²) < 4.78 is 0. The molecule has 2 rings (SSSR count). The van der Waals surface area contributed by atoms with E-state index in [2.05, 4.69) is 27.2 Å². The van der Waals surface area contributed by atoms with Gasteiger partial charge in [-0.2, -0.15) is 0 Å². The van der Waals surface area contributed by atoms with Crippen molar-refractivity contribution >= 4 is 17.0 Å². The summed E-state index contributed by atoms with van der Waals surface area (Å²) in [6, 6.07) is 3.92. The summed E-state index contributed by atoms with van der Waals surface area (Å²) in [4.78, 5) is 12.2. The zero-order valence-corrected chi connectivity index (χ0v) is 10.3. The molecule has 0 fully saturated rings. The Labute approximate surface area is 101 Å². The maximum atomic E-state index is 5.78. The van der Waals surface area contributed by atoms with Crippen molar-refractivity contribution in [1.29, 1.82) is 0 Å². The molecule has 0 bridgehead atoms. The van der Waals surface area contributed by atoms with E-state index in [1.807, 2.05) is 19.2 Å². The van der Waals surface area contributed by atoms with Crippen LogP contribution in [0.15, 0.2) is 12.1 Å². The molecule has 5 heteroatoms. The number of hydrogen-bond donors (Lipinski definition) is 3. The standard InChI is InChI=1S/C12H19N5/c1-3-4-8(7-13)11-15-9-5-6-10(14-2)16-12(9)17-11/h5-6,8H,3-4,7,13H2,1-2H3,(H2,14,15,16,17). The molecule has 0 aliphatic carbocycles. The number of rotatable bonds is 5. The van der Waals surface area contributed by atoms with Gasteiger partial charge in [-0.05, 0) is 18.6 Å². The lowest BCUT2D eigenvalue weighted by atomic mass is 10.0. The monoisotopic (exact) mass is 233 g/mol. The summed E-state index contributed by atoms with van der Waals surface area (Å²) in [6.07, 6.45) is 2.16. The Bertz CT molecular complexity index is 491. The first-order valence-corrected chi connectivity index (χ1v) is 6.03. The van der Waals surface area contributed by atoms with Gasteiger partial charge in [0.1, 0.15) is 11.6 Å². The molecule has 0 amide bonds. The van der Waals surface area contributed by atoms with Crippen molar-refractivity contribution in [1.82, 2.24) is 15.0 Å². The Morgan fingerprint density at radius 3 is 2.88 bits per heavy atom. The molecule has 5 nitrogen and oxygen atoms in total. The Balaban J connectivity index is 2.36. The lowest BCUT2D eigenvalue weighted by Crippen LogP contribution is -2.13. The number of aromatic nitrogens is 3. The molecule has 0 saturated heterocycles. The lowest BCUT2D eigenvalue weighted by Gasteiger charge is -2.09. The van der Waals surface area contributed by atoms with Crippen LogP contribution >= 0.6 is 0 Å². The Morgan fingerprint density at radius 1 is 1.41 bits per heavy atom. The van der Waals surface area contributed by atoms with E-state index in [4.69, 9.17) is 5.73 Å². The van der Waals surface area contributed by atoms with E-state index < -0.39 is 0 Å². The molecule has 1 unspecified atom stereocenters. The second kappa shape index (κ2) is 5.14. The van der Waals surface area contributed by atoms with E-state index >= 15 is 0 Å². The Hall–Kier alpha value is -1.62. The highest BCUT2D eigenvalue weighted by Crippen LogP contribution is 2.20. The van der Waals surface area contributed by atoms with E-state index in [0.29, 0.717) is 12.5 Å². The number of hydrogen-bond acceptors (Lipinski definition) is 4. The predicted molar refractivity (Wildman–Crippen MR) is 70.1 cm³/mol. The first-order valence-electron chi connectivity index (χ1n) is 6.03. The fourth-order valence-corrected chi connectivity index (χ4v) is 1.96. The Kier molecular flexibility index (Phi) is 3.58. The van der Waals surface area contributed by atoms with Crippen LogP contribution in [0.2, 0.25) is 0 Å². The smallest absolute Gasteiger partial charge is 0.179 e. The minimum atomic E-state index is 0.298. The van der Waals surface area contributed by atoms with E-state index in [0.717, 1.165) is 35.6 Å². The number of imidazole rings is 1. The van der Waals surface area contributed by atoms with Gasteiger partial charge in [0.05, 0.1) is 5.52 Å². The number of nitrogens with zero attached hydrogens (tertiary/aromatic N) is 2. The summed E-state index contributed by atoms with van der Waals surface area (Å²) in [5.74, 6) is 2.08. The van der Waals surface area contributed by atoms with E-state index in [1.54, 1.807) is 0 Å². The average molecular weight is 233 g/mol. The second-order valence-electron chi connectivity index (χ2n) is 4.16. The number of nitrogens with one attached hydrogen (secondary N) is 2. The first-order chi connectivity index (χ1) is 8.28. The second-order valence-corrected chi connectivity index (χ2v) is 4.16. The molecule has 0 aliphatic heterocycles. The van der Waals surface area contributed by atoms with E-state index in [-0.39, 0.29) is 0 Å². The normalized spacial score (nSPS) is 12.9. The Morgan fingerprint density at radius 2 is 2.24 bits per heavy atom. The van der Waals surface area contributed by atoms with Gasteiger partial charge in [-0.15, -0.1) is 0 Å². The van der Waals surface area contributed by atoms with Crippen molar-refractivity contribution in [3.05, 3.63) is 18.0 Å². The minimum absolute atomic E-state index is 0.298. The molecule has 2 heterocycles. The fraction of sp³-hybridized carbons (Fsp3) is 0.500. The molecule has 0 aliphatic rings. The van der Waals surface area contributed by atoms with Gasteiger partial charge in [-0.1, -0.05) is 13.3 Å². The van der Waals surface area contributed by atoms with Crippen molar-refractivity contribution in [2.45, 2.75) is 25.7 Å². The first kappa shape index (κ1) is 11.9. The molecule has 17 heavy (non-hydrogen) atoms. The third-order valence-electron chi connectivity index (χ3n) is 2.93. The maximum absolute atomic E-state index is 5.78. The highest BCUT2D eigenvalue weighted by molar-refractivity contribution is 5.73. The maximum Gasteiger partial charge on any atom is 0.179 e. The highest BCUT2D eigenvalue weighted by Gasteiger charge is 2.14. The quantitative estimate of drug-likeness (QED) is 0.736. The number of anilines is 1. The van der Waals surface area contributed by atoms with Crippen LogP contribution in [0.1, 0.15) is 31.5 Å². The number of pyridine rings is 1. The molecular formula is C12H19N5. The van der Waals surface area contributed by atoms with Crippen molar-refractivity contribution in [3.8, 4) is 0 Å². The number of fused-ring (bicyclic) bond motifs is 1. The van der Waals surface area contributed by atoms with Gasteiger partial charge in [-0.25, -0.2) is 9.97 Å². The molecule has 2 aromatic rings. The van der Waals surface area contributed by atoms with Gasteiger partial charge in [0.25, 0.3) is 0 Å². The molecular weight excluding hydrogens is 214 g/mol. The molecule has 92 valence electrons. The topological polar surface area (TPSA) is 79.6 Å². The van der Waals surface area contributed by atoms with Crippen molar-refractivity contribution in [3.63, 3.8) is 0 Å². The summed E-state index contributed by atoms with van der Waals surface area (Å²) in [5, 5.41) is 3.01. The molecule has 2 aromatic heterocycles. The van der Waals surface area contributed by atoms with Crippen LogP contribution in [0.3, 0.4) is 0 Å². The van der Waals surface area contributed by atoms with Crippen LogP contribution in [0.4, 0.5) is 5.82 Å². The van der Waals surface area contributed by atoms with Gasteiger partial charge >= 0.3 is 0 Å². The zero-order chi connectivity index (χ0) is 12.3. The van der Waals surface area contributed by atoms with E-state index in [1.165, 1.54) is 0 Å². The SMILES string of the molecule is CCCC(CN)c1nc2nc(NC)ccc2[nH]1. The molecule has 0 saturated carbocycles. The highest BCUT2D eigenvalue weighted by atomic mass is 15.0. The zero-order valence-electron chi connectivity index (χ0n) is 10.3. The van der Waals surface area contributed by atoms with Crippen LogP contribution in [-0.4, -0.2) is 28.5 Å². The largest absolute Gasteiger partial charge is 0.373 e. The van der Waals surface area contributed by atoms with Gasteiger partial charge in [0.15, 0.2) is 5.65 Å². The summed E-state index contributed by atoms with van der Waals surface area (Å²) in [5.41, 5.74) is 7.49. The van der Waals surface area contributed by atoms with Gasteiger partial charge < -0.3 is 16.0 Å². The number of nitrogens with two attached hydrogens (primary N) is 1. The third kappa shape index (κ3) is 2.39. The van der Waals surface area contributed by atoms with Gasteiger partial charge in [0, 0.05) is 19.5 Å². The molecule has 0 radical (unpaired) electrons. The average Bonchev–Trinajstić information content (AvgIpc) is 2.78. The van der Waals surface area contributed by atoms with Crippen LogP contribution in [0, 0.1) is 0 Å². The predicted octanol–water partition coefficient (Wildman–Crippen LogP) is 1.84.